The lowest BCUT2D eigenvalue weighted by Gasteiger charge is -2.26. The quantitative estimate of drug-likeness (QED) is 0.781. The van der Waals surface area contributed by atoms with Gasteiger partial charge >= 0.3 is 0 Å². The largest absolute Gasteiger partial charge is 0.350 e. The van der Waals surface area contributed by atoms with Crippen molar-refractivity contribution in [3.8, 4) is 0 Å². The van der Waals surface area contributed by atoms with E-state index in [0.29, 0.717) is 6.54 Å². The molecule has 0 heterocycles. The molecule has 1 unspecified atom stereocenters. The first-order valence-electron chi connectivity index (χ1n) is 5.17. The summed E-state index contributed by atoms with van der Waals surface area (Å²) in [4.78, 5) is 11.7. The molecule has 88 valence electrons. The molecule has 0 bridgehead atoms. The molecule has 0 aliphatic rings. The van der Waals surface area contributed by atoms with E-state index in [4.69, 9.17) is 0 Å². The molecule has 2 N–H and O–H groups in total. The van der Waals surface area contributed by atoms with Crippen LogP contribution in [-0.4, -0.2) is 24.0 Å². The van der Waals surface area contributed by atoms with Crippen LogP contribution in [0.4, 0.5) is 0 Å². The fraction of sp³-hybridized carbons (Fsp3) is 0.727. The van der Waals surface area contributed by atoms with Crippen LogP contribution in [0.1, 0.15) is 34.1 Å². The number of rotatable bonds is 6. The van der Waals surface area contributed by atoms with Gasteiger partial charge in [-0.25, -0.2) is 0 Å². The van der Waals surface area contributed by atoms with Gasteiger partial charge in [-0.3, -0.25) is 4.79 Å². The number of nitrogens with one attached hydrogen (secondary N) is 2. The molecule has 0 fully saturated rings. The molecule has 4 heteroatoms. The Bertz CT molecular complexity index is 239. The zero-order chi connectivity index (χ0) is 12.1. The molecule has 0 aliphatic carbocycles. The van der Waals surface area contributed by atoms with Gasteiger partial charge in [0.05, 0.1) is 6.04 Å². The smallest absolute Gasteiger partial charge is 0.237 e. The van der Waals surface area contributed by atoms with Crippen molar-refractivity contribution in [1.82, 2.24) is 10.6 Å². The summed E-state index contributed by atoms with van der Waals surface area (Å²) in [5.74, 6) is 0.0237. The van der Waals surface area contributed by atoms with Crippen molar-refractivity contribution in [3.05, 3.63) is 11.1 Å². The number of carbonyl (C=O) groups is 1. The number of hydrogen-bond donors (Lipinski definition) is 2. The molecule has 0 aliphatic heterocycles. The summed E-state index contributed by atoms with van der Waals surface area (Å²) in [6, 6.07) is -0.204. The van der Waals surface area contributed by atoms with Crippen molar-refractivity contribution in [1.29, 1.82) is 0 Å². The third-order valence-electron chi connectivity index (χ3n) is 2.34. The second kappa shape index (κ2) is 6.28. The van der Waals surface area contributed by atoms with Gasteiger partial charge in [-0.2, -0.15) is 0 Å². The summed E-state index contributed by atoms with van der Waals surface area (Å²) in [6.45, 7) is 12.2. The molecule has 0 rings (SSSR count). The van der Waals surface area contributed by atoms with Gasteiger partial charge in [0.15, 0.2) is 0 Å². The van der Waals surface area contributed by atoms with Gasteiger partial charge in [-0.15, -0.1) is 0 Å². The van der Waals surface area contributed by atoms with E-state index in [9.17, 15) is 4.79 Å². The van der Waals surface area contributed by atoms with Gasteiger partial charge in [-0.05, 0) is 27.2 Å². The molecule has 0 saturated carbocycles. The van der Waals surface area contributed by atoms with Crippen LogP contribution in [0.2, 0.25) is 0 Å². The standard InChI is InChI=1S/C11H21BrN2O/c1-6-11(4,5)14-10(15)9(3)13-7-8(2)12/h9,13H,2,6-7H2,1,3-5H3,(H,14,15). The van der Waals surface area contributed by atoms with Gasteiger partial charge in [0.25, 0.3) is 0 Å². The third kappa shape index (κ3) is 6.68. The minimum Gasteiger partial charge on any atom is -0.350 e. The van der Waals surface area contributed by atoms with Crippen LogP contribution in [0, 0.1) is 0 Å². The minimum absolute atomic E-state index is 0.0237. The van der Waals surface area contributed by atoms with E-state index in [1.165, 1.54) is 0 Å². The Kier molecular flexibility index (Phi) is 6.13. The van der Waals surface area contributed by atoms with Crippen LogP contribution in [0.3, 0.4) is 0 Å². The number of carbonyl (C=O) groups excluding carboxylic acids is 1. The summed E-state index contributed by atoms with van der Waals surface area (Å²) in [5.41, 5.74) is -0.140. The Balaban J connectivity index is 4.04. The van der Waals surface area contributed by atoms with E-state index in [0.717, 1.165) is 10.9 Å². The Morgan fingerprint density at radius 1 is 1.53 bits per heavy atom. The first-order valence-corrected chi connectivity index (χ1v) is 5.96. The van der Waals surface area contributed by atoms with Gasteiger partial charge in [0, 0.05) is 16.6 Å². The molecule has 0 saturated heterocycles. The number of amides is 1. The van der Waals surface area contributed by atoms with E-state index in [1.807, 2.05) is 20.8 Å². The Hall–Kier alpha value is -0.350. The molecule has 1 atom stereocenters. The molecule has 0 aromatic rings. The molecule has 3 nitrogen and oxygen atoms in total. The maximum absolute atomic E-state index is 11.7. The molecule has 0 radical (unpaired) electrons. The van der Waals surface area contributed by atoms with E-state index in [1.54, 1.807) is 0 Å². The zero-order valence-corrected chi connectivity index (χ0v) is 11.6. The Labute approximate surface area is 101 Å². The second-order valence-corrected chi connectivity index (χ2v) is 5.47. The van der Waals surface area contributed by atoms with Crippen LogP contribution in [0.15, 0.2) is 11.1 Å². The first-order chi connectivity index (χ1) is 6.78. The molecule has 0 spiro atoms. The number of hydrogen-bond acceptors (Lipinski definition) is 2. The van der Waals surface area contributed by atoms with Gasteiger partial charge < -0.3 is 10.6 Å². The van der Waals surface area contributed by atoms with Gasteiger partial charge in [-0.1, -0.05) is 29.4 Å². The van der Waals surface area contributed by atoms with Gasteiger partial charge in [0.1, 0.15) is 0 Å². The fourth-order valence-corrected chi connectivity index (χ4v) is 1.05. The zero-order valence-electron chi connectivity index (χ0n) is 9.98. The highest BCUT2D eigenvalue weighted by molar-refractivity contribution is 9.11. The maximum atomic E-state index is 11.7. The lowest BCUT2D eigenvalue weighted by atomic mass is 10.0. The van der Waals surface area contributed by atoms with E-state index in [2.05, 4.69) is 40.1 Å². The summed E-state index contributed by atoms with van der Waals surface area (Å²) in [7, 11) is 0. The van der Waals surface area contributed by atoms with Crippen LogP contribution in [0.25, 0.3) is 0 Å². The van der Waals surface area contributed by atoms with Crippen molar-refractivity contribution in [3.63, 3.8) is 0 Å². The lowest BCUT2D eigenvalue weighted by Crippen LogP contribution is -2.50. The normalized spacial score (nSPS) is 13.4. The highest BCUT2D eigenvalue weighted by Crippen LogP contribution is 2.07. The van der Waals surface area contributed by atoms with Crippen molar-refractivity contribution in [2.24, 2.45) is 0 Å². The molecule has 0 aromatic heterocycles. The third-order valence-corrected chi connectivity index (χ3v) is 2.62. The first kappa shape index (κ1) is 14.6. The topological polar surface area (TPSA) is 41.1 Å². The summed E-state index contributed by atoms with van der Waals surface area (Å²) < 4.78 is 0.844. The molecule has 0 aromatic carbocycles. The van der Waals surface area contributed by atoms with Crippen LogP contribution in [-0.2, 0) is 4.79 Å². The fourth-order valence-electron chi connectivity index (χ4n) is 0.887. The van der Waals surface area contributed by atoms with Crippen molar-refractivity contribution >= 4 is 21.8 Å². The van der Waals surface area contributed by atoms with E-state index < -0.39 is 0 Å². The summed E-state index contributed by atoms with van der Waals surface area (Å²) in [6.07, 6.45) is 0.913. The minimum atomic E-state index is -0.204. The summed E-state index contributed by atoms with van der Waals surface area (Å²) in [5, 5.41) is 6.05. The molecule has 1 amide bonds. The predicted molar refractivity (Wildman–Crippen MR) is 68.0 cm³/mol. The van der Waals surface area contributed by atoms with E-state index >= 15 is 0 Å². The Morgan fingerprint density at radius 2 is 2.07 bits per heavy atom. The van der Waals surface area contributed by atoms with Crippen LogP contribution < -0.4 is 10.6 Å². The second-order valence-electron chi connectivity index (χ2n) is 4.35. The Morgan fingerprint density at radius 3 is 2.47 bits per heavy atom. The highest BCUT2D eigenvalue weighted by Gasteiger charge is 2.21. The van der Waals surface area contributed by atoms with Gasteiger partial charge in [0.2, 0.25) is 5.91 Å². The highest BCUT2D eigenvalue weighted by atomic mass is 79.9. The van der Waals surface area contributed by atoms with Crippen molar-refractivity contribution in [2.75, 3.05) is 6.54 Å². The van der Waals surface area contributed by atoms with Crippen LogP contribution >= 0.6 is 15.9 Å². The maximum Gasteiger partial charge on any atom is 0.237 e. The SMILES string of the molecule is C=C(Br)CNC(C)C(=O)NC(C)(C)CC. The molecular weight excluding hydrogens is 256 g/mol. The van der Waals surface area contributed by atoms with E-state index in [-0.39, 0.29) is 17.5 Å². The molecular formula is C11H21BrN2O. The molecule has 15 heavy (non-hydrogen) atoms. The van der Waals surface area contributed by atoms with Crippen LogP contribution in [0.5, 0.6) is 0 Å². The average Bonchev–Trinajstić information content (AvgIpc) is 2.13. The van der Waals surface area contributed by atoms with Crippen molar-refractivity contribution < 1.29 is 4.79 Å². The summed E-state index contributed by atoms with van der Waals surface area (Å²) >= 11 is 3.24. The number of halogens is 1. The average molecular weight is 277 g/mol. The van der Waals surface area contributed by atoms with Crippen molar-refractivity contribution in [2.45, 2.75) is 45.7 Å². The predicted octanol–water partition coefficient (Wildman–Crippen LogP) is 2.18. The lowest BCUT2D eigenvalue weighted by molar-refractivity contribution is -0.124. The monoisotopic (exact) mass is 276 g/mol.